The van der Waals surface area contributed by atoms with Crippen molar-refractivity contribution >= 4 is 19.8 Å². The Balaban J connectivity index is 4.28. The lowest BCUT2D eigenvalue weighted by Crippen LogP contribution is -2.29. The van der Waals surface area contributed by atoms with Crippen molar-refractivity contribution in [3.8, 4) is 0 Å². The Labute approximate surface area is 324 Å². The van der Waals surface area contributed by atoms with Crippen LogP contribution in [0.25, 0.3) is 0 Å². The van der Waals surface area contributed by atoms with Crippen LogP contribution in [0.2, 0.25) is 0 Å². The summed E-state index contributed by atoms with van der Waals surface area (Å²) in [5, 5.41) is 18.3. The summed E-state index contributed by atoms with van der Waals surface area (Å²) in [5.74, 6) is -0.924. The molecular weight excluding hydrogens is 695 g/mol. The fourth-order valence-corrected chi connectivity index (χ4v) is 6.84. The molecule has 53 heavy (non-hydrogen) atoms. The number of carbonyl (C=O) groups is 2. The van der Waals surface area contributed by atoms with Crippen molar-refractivity contribution in [1.82, 2.24) is 0 Å². The first kappa shape index (κ1) is 51.7. The van der Waals surface area contributed by atoms with E-state index in [4.69, 9.17) is 19.1 Å². The van der Waals surface area contributed by atoms with Gasteiger partial charge in [0.2, 0.25) is 0 Å². The highest BCUT2D eigenvalue weighted by atomic mass is 31.2. The normalized spacial score (nSPS) is 14.0. The third-order valence-corrected chi connectivity index (χ3v) is 10.4. The van der Waals surface area contributed by atoms with Crippen molar-refractivity contribution in [2.75, 3.05) is 26.4 Å². The van der Waals surface area contributed by atoms with E-state index in [1.807, 2.05) is 0 Å². The number of aliphatic hydroxyl groups is 2. The summed E-state index contributed by atoms with van der Waals surface area (Å²) >= 11 is 0. The third kappa shape index (κ3) is 38.8. The minimum absolute atomic E-state index is 0.188. The number of carbonyl (C=O) groups excluding carboxylic acids is 2. The molecule has 0 bridgehead atoms. The second-order valence-corrected chi connectivity index (χ2v) is 16.2. The largest absolute Gasteiger partial charge is 0.472 e. The van der Waals surface area contributed by atoms with Crippen LogP contribution in [0.5, 0.6) is 0 Å². The summed E-state index contributed by atoms with van der Waals surface area (Å²) < 4.78 is 32.7. The second kappa shape index (κ2) is 39.0. The van der Waals surface area contributed by atoms with Gasteiger partial charge in [0.15, 0.2) is 6.10 Å². The van der Waals surface area contributed by atoms with Gasteiger partial charge in [-0.05, 0) is 38.5 Å². The SMILES string of the molecule is CCCCCCCCC=CCCCCCCCC(=O)OC[C@H](COP(=O)(O)OC[C@@H](O)CO)OC(=O)CCCCCCCCCCCCCCCCC. The van der Waals surface area contributed by atoms with Crippen LogP contribution in [0.3, 0.4) is 0 Å². The predicted octanol–water partition coefficient (Wildman–Crippen LogP) is 11.2. The van der Waals surface area contributed by atoms with Crippen LogP contribution < -0.4 is 0 Å². The fourth-order valence-electron chi connectivity index (χ4n) is 6.05. The van der Waals surface area contributed by atoms with Gasteiger partial charge in [-0.2, -0.15) is 0 Å². The van der Waals surface area contributed by atoms with Crippen LogP contribution in [-0.2, 0) is 32.7 Å². The maximum absolute atomic E-state index is 12.6. The smallest absolute Gasteiger partial charge is 0.462 e. The number of unbranched alkanes of at least 4 members (excludes halogenated alkanes) is 25. The van der Waals surface area contributed by atoms with Crippen LogP contribution in [0.4, 0.5) is 0 Å². The van der Waals surface area contributed by atoms with Crippen molar-refractivity contribution in [3.05, 3.63) is 12.2 Å². The first-order valence-electron chi connectivity index (χ1n) is 21.6. The molecule has 0 fully saturated rings. The Hall–Kier alpha value is -1.29. The number of aliphatic hydroxyl groups excluding tert-OH is 2. The molecule has 0 aromatic carbocycles. The summed E-state index contributed by atoms with van der Waals surface area (Å²) in [6.07, 6.45) is 36.0. The molecule has 3 atom stereocenters. The molecule has 0 saturated heterocycles. The lowest BCUT2D eigenvalue weighted by molar-refractivity contribution is -0.161. The quantitative estimate of drug-likeness (QED) is 0.0237. The van der Waals surface area contributed by atoms with Gasteiger partial charge in [0.05, 0.1) is 19.8 Å². The number of esters is 2. The number of phosphoric ester groups is 1. The van der Waals surface area contributed by atoms with E-state index in [-0.39, 0.29) is 19.4 Å². The molecule has 0 aromatic rings. The maximum Gasteiger partial charge on any atom is 0.472 e. The molecule has 0 saturated carbocycles. The van der Waals surface area contributed by atoms with Crippen molar-refractivity contribution in [3.63, 3.8) is 0 Å². The van der Waals surface area contributed by atoms with Crippen molar-refractivity contribution in [1.29, 1.82) is 0 Å². The highest BCUT2D eigenvalue weighted by molar-refractivity contribution is 7.47. The van der Waals surface area contributed by atoms with E-state index in [1.54, 1.807) is 0 Å². The van der Waals surface area contributed by atoms with Crippen LogP contribution in [0, 0.1) is 0 Å². The zero-order valence-electron chi connectivity index (χ0n) is 34.0. The van der Waals surface area contributed by atoms with Crippen molar-refractivity contribution in [2.45, 2.75) is 219 Å². The van der Waals surface area contributed by atoms with E-state index in [1.165, 1.54) is 116 Å². The average Bonchev–Trinajstić information content (AvgIpc) is 3.14. The van der Waals surface area contributed by atoms with E-state index in [9.17, 15) is 24.2 Å². The highest BCUT2D eigenvalue weighted by Gasteiger charge is 2.27. The van der Waals surface area contributed by atoms with Gasteiger partial charge in [-0.25, -0.2) is 4.57 Å². The van der Waals surface area contributed by atoms with Gasteiger partial charge >= 0.3 is 19.8 Å². The molecule has 314 valence electrons. The molecule has 0 rings (SSSR count). The summed E-state index contributed by atoms with van der Waals surface area (Å²) in [4.78, 5) is 34.9. The molecule has 0 aliphatic carbocycles. The summed E-state index contributed by atoms with van der Waals surface area (Å²) in [6, 6.07) is 0. The molecule has 0 aromatic heterocycles. The molecule has 1 unspecified atom stereocenters. The van der Waals surface area contributed by atoms with E-state index in [0.717, 1.165) is 51.4 Å². The minimum Gasteiger partial charge on any atom is -0.462 e. The molecule has 0 aliphatic heterocycles. The number of hydrogen-bond donors (Lipinski definition) is 3. The standard InChI is InChI=1S/C42H81O10P/c1-3-5-7-9-11-13-15-17-19-21-23-25-27-29-31-33-41(45)49-37-40(38-51-53(47,48)50-36-39(44)35-43)52-42(46)34-32-30-28-26-24-22-20-18-16-14-12-10-8-6-4-2/h17,19,39-40,43-44H,3-16,18,20-38H2,1-2H3,(H,47,48)/t39-,40+/m0/s1. The minimum atomic E-state index is -4.61. The van der Waals surface area contributed by atoms with Crippen LogP contribution in [-0.4, -0.2) is 65.7 Å². The van der Waals surface area contributed by atoms with Gasteiger partial charge in [0.25, 0.3) is 0 Å². The third-order valence-electron chi connectivity index (χ3n) is 9.42. The van der Waals surface area contributed by atoms with Gasteiger partial charge in [0.1, 0.15) is 12.7 Å². The molecule has 3 N–H and O–H groups in total. The molecule has 10 nitrogen and oxygen atoms in total. The van der Waals surface area contributed by atoms with Gasteiger partial charge < -0.3 is 24.6 Å². The highest BCUT2D eigenvalue weighted by Crippen LogP contribution is 2.43. The lowest BCUT2D eigenvalue weighted by Gasteiger charge is -2.20. The Morgan fingerprint density at radius 2 is 0.925 bits per heavy atom. The van der Waals surface area contributed by atoms with E-state index in [0.29, 0.717) is 12.8 Å². The zero-order valence-corrected chi connectivity index (χ0v) is 34.9. The Kier molecular flexibility index (Phi) is 38.0. The van der Waals surface area contributed by atoms with E-state index in [2.05, 4.69) is 30.5 Å². The Morgan fingerprint density at radius 1 is 0.547 bits per heavy atom. The molecular formula is C42H81O10P. The maximum atomic E-state index is 12.6. The molecule has 0 amide bonds. The number of phosphoric acid groups is 1. The van der Waals surface area contributed by atoms with E-state index >= 15 is 0 Å². The van der Waals surface area contributed by atoms with E-state index < -0.39 is 51.8 Å². The van der Waals surface area contributed by atoms with Crippen LogP contribution in [0.15, 0.2) is 12.2 Å². The number of rotatable bonds is 41. The van der Waals surface area contributed by atoms with Gasteiger partial charge in [-0.15, -0.1) is 0 Å². The Morgan fingerprint density at radius 3 is 1.36 bits per heavy atom. The van der Waals surface area contributed by atoms with Crippen molar-refractivity contribution < 1.29 is 47.8 Å². The lowest BCUT2D eigenvalue weighted by atomic mass is 10.0. The number of hydrogen-bond acceptors (Lipinski definition) is 9. The van der Waals surface area contributed by atoms with Gasteiger partial charge in [-0.3, -0.25) is 18.6 Å². The predicted molar refractivity (Wildman–Crippen MR) is 215 cm³/mol. The average molecular weight is 777 g/mol. The first-order valence-corrected chi connectivity index (χ1v) is 23.1. The molecule has 0 radical (unpaired) electrons. The van der Waals surface area contributed by atoms with Crippen LogP contribution >= 0.6 is 7.82 Å². The van der Waals surface area contributed by atoms with Gasteiger partial charge in [0, 0.05) is 12.8 Å². The van der Waals surface area contributed by atoms with Crippen molar-refractivity contribution in [2.24, 2.45) is 0 Å². The Bertz CT molecular complexity index is 899. The molecule has 0 spiro atoms. The number of ether oxygens (including phenoxy) is 2. The van der Waals surface area contributed by atoms with Crippen LogP contribution in [0.1, 0.15) is 206 Å². The second-order valence-electron chi connectivity index (χ2n) is 14.7. The van der Waals surface area contributed by atoms with Gasteiger partial charge in [-0.1, -0.05) is 167 Å². The summed E-state index contributed by atoms with van der Waals surface area (Å²) in [7, 11) is -4.61. The summed E-state index contributed by atoms with van der Waals surface area (Å²) in [6.45, 7) is 2.39. The topological polar surface area (TPSA) is 149 Å². The monoisotopic (exact) mass is 777 g/mol. The fraction of sp³-hybridized carbons (Fsp3) is 0.905. The first-order chi connectivity index (χ1) is 25.7. The number of allylic oxidation sites excluding steroid dienone is 2. The zero-order chi connectivity index (χ0) is 39.1. The molecule has 0 aliphatic rings. The molecule has 11 heteroatoms. The molecule has 0 heterocycles. The summed E-state index contributed by atoms with van der Waals surface area (Å²) in [5.41, 5.74) is 0.